The lowest BCUT2D eigenvalue weighted by Crippen LogP contribution is -2.29. The van der Waals surface area contributed by atoms with Crippen LogP contribution in [0.2, 0.25) is 0 Å². The molecule has 4 heteroatoms. The van der Waals surface area contributed by atoms with E-state index in [9.17, 15) is 4.79 Å². The molecule has 0 saturated heterocycles. The Morgan fingerprint density at radius 1 is 1.53 bits per heavy atom. The van der Waals surface area contributed by atoms with Crippen molar-refractivity contribution in [3.63, 3.8) is 0 Å². The summed E-state index contributed by atoms with van der Waals surface area (Å²) in [6, 6.07) is 5.61. The Hall–Kier alpha value is -0.540. The number of hydrogen-bond donors (Lipinski definition) is 0. The summed E-state index contributed by atoms with van der Waals surface area (Å²) in [4.78, 5) is 13.6. The highest BCUT2D eigenvalue weighted by atomic mass is 79.9. The summed E-state index contributed by atoms with van der Waals surface area (Å²) in [6.07, 6.45) is 0. The number of carbonyl (C=O) groups excluding carboxylic acids is 1. The zero-order valence-electron chi connectivity index (χ0n) is 8.76. The molecule has 0 bridgehead atoms. The molecule has 0 N–H and O–H groups in total. The second-order valence-electron chi connectivity index (χ2n) is 3.33. The second kappa shape index (κ2) is 5.52. The van der Waals surface area contributed by atoms with Crippen molar-refractivity contribution in [2.24, 2.45) is 0 Å². The number of benzene rings is 1. The van der Waals surface area contributed by atoms with Crippen LogP contribution in [0.25, 0.3) is 0 Å². The van der Waals surface area contributed by atoms with Crippen LogP contribution in [-0.4, -0.2) is 30.3 Å². The van der Waals surface area contributed by atoms with Crippen LogP contribution in [0.1, 0.15) is 15.9 Å². The van der Waals surface area contributed by atoms with Gasteiger partial charge in [0.15, 0.2) is 0 Å². The van der Waals surface area contributed by atoms with Crippen molar-refractivity contribution in [1.29, 1.82) is 0 Å². The first-order chi connectivity index (χ1) is 7.07. The molecule has 0 atom stereocenters. The lowest BCUT2D eigenvalue weighted by atomic mass is 10.1. The van der Waals surface area contributed by atoms with Crippen molar-refractivity contribution < 1.29 is 4.79 Å². The van der Waals surface area contributed by atoms with Gasteiger partial charge in [-0.2, -0.15) is 0 Å². The van der Waals surface area contributed by atoms with Gasteiger partial charge in [0.2, 0.25) is 0 Å². The molecule has 0 fully saturated rings. The lowest BCUT2D eigenvalue weighted by Gasteiger charge is -2.17. The van der Waals surface area contributed by atoms with Crippen LogP contribution in [0, 0.1) is 6.92 Å². The smallest absolute Gasteiger partial charge is 0.253 e. The number of nitrogens with zero attached hydrogens (tertiary/aromatic N) is 1. The van der Waals surface area contributed by atoms with Gasteiger partial charge in [0.25, 0.3) is 5.91 Å². The Balaban J connectivity index is 2.96. The molecule has 82 valence electrons. The van der Waals surface area contributed by atoms with Crippen LogP contribution in [0.5, 0.6) is 0 Å². The van der Waals surface area contributed by atoms with Gasteiger partial charge < -0.3 is 4.90 Å². The Bertz CT molecular complexity index is 368. The largest absolute Gasteiger partial charge is 0.341 e. The minimum Gasteiger partial charge on any atom is -0.341 e. The fourth-order valence-electron chi connectivity index (χ4n) is 1.27. The second-order valence-corrected chi connectivity index (χ2v) is 4.56. The number of rotatable bonds is 3. The van der Waals surface area contributed by atoms with Gasteiger partial charge in [-0.1, -0.05) is 22.0 Å². The van der Waals surface area contributed by atoms with Crippen molar-refractivity contribution in [2.45, 2.75) is 6.92 Å². The lowest BCUT2D eigenvalue weighted by molar-refractivity contribution is 0.0802. The van der Waals surface area contributed by atoms with Crippen LogP contribution < -0.4 is 0 Å². The van der Waals surface area contributed by atoms with Crippen molar-refractivity contribution in [3.05, 3.63) is 33.8 Å². The fraction of sp³-hybridized carbons (Fsp3) is 0.364. The maximum atomic E-state index is 12.0. The van der Waals surface area contributed by atoms with Crippen molar-refractivity contribution in [1.82, 2.24) is 4.90 Å². The monoisotopic (exact) mass is 289 g/mol. The minimum atomic E-state index is 0.00875. The topological polar surface area (TPSA) is 20.3 Å². The van der Waals surface area contributed by atoms with E-state index in [1.807, 2.05) is 25.1 Å². The predicted octanol–water partition coefficient (Wildman–Crippen LogP) is 3.07. The van der Waals surface area contributed by atoms with E-state index in [1.54, 1.807) is 11.9 Å². The fourth-order valence-corrected chi connectivity index (χ4v) is 1.89. The molecule has 1 amide bonds. The molecule has 0 aromatic heterocycles. The van der Waals surface area contributed by atoms with Crippen LogP contribution in [-0.2, 0) is 0 Å². The molecule has 0 heterocycles. The summed E-state index contributed by atoms with van der Waals surface area (Å²) >= 11 is 9.00. The number of carbonyl (C=O) groups is 1. The molecule has 1 rings (SSSR count). The third-order valence-electron chi connectivity index (χ3n) is 2.26. The average Bonchev–Trinajstić information content (AvgIpc) is 2.21. The van der Waals surface area contributed by atoms with Crippen molar-refractivity contribution >= 4 is 33.4 Å². The van der Waals surface area contributed by atoms with Crippen LogP contribution in [0.4, 0.5) is 0 Å². The standard InChI is InChI=1S/C11H13BrClNO/c1-8-9(4-3-5-10(8)12)11(15)14(2)7-6-13/h3-5H,6-7H2,1-2H3. The van der Waals surface area contributed by atoms with E-state index in [0.29, 0.717) is 12.4 Å². The van der Waals surface area contributed by atoms with Gasteiger partial charge in [0.1, 0.15) is 0 Å². The molecule has 2 nitrogen and oxygen atoms in total. The summed E-state index contributed by atoms with van der Waals surface area (Å²) in [5.74, 6) is 0.462. The highest BCUT2D eigenvalue weighted by Gasteiger charge is 2.14. The molecule has 0 aliphatic carbocycles. The molecular formula is C11H13BrClNO. The summed E-state index contributed by atoms with van der Waals surface area (Å²) in [5, 5.41) is 0. The third-order valence-corrected chi connectivity index (χ3v) is 3.29. The quantitative estimate of drug-likeness (QED) is 0.784. The van der Waals surface area contributed by atoms with Gasteiger partial charge >= 0.3 is 0 Å². The zero-order chi connectivity index (χ0) is 11.4. The van der Waals surface area contributed by atoms with Crippen molar-refractivity contribution in [3.8, 4) is 0 Å². The van der Waals surface area contributed by atoms with Gasteiger partial charge in [-0.25, -0.2) is 0 Å². The Labute approximate surface area is 103 Å². The Morgan fingerprint density at radius 3 is 2.80 bits per heavy atom. The maximum Gasteiger partial charge on any atom is 0.253 e. The van der Waals surface area contributed by atoms with Crippen LogP contribution in [0.15, 0.2) is 22.7 Å². The molecule has 0 aliphatic rings. The van der Waals surface area contributed by atoms with E-state index in [1.165, 1.54) is 0 Å². The van der Waals surface area contributed by atoms with E-state index >= 15 is 0 Å². The number of hydrogen-bond acceptors (Lipinski definition) is 1. The van der Waals surface area contributed by atoms with E-state index in [-0.39, 0.29) is 5.91 Å². The van der Waals surface area contributed by atoms with E-state index in [0.717, 1.165) is 15.6 Å². The molecule has 1 aromatic carbocycles. The first-order valence-corrected chi connectivity index (χ1v) is 5.97. The molecule has 0 saturated carbocycles. The van der Waals surface area contributed by atoms with Gasteiger partial charge in [0, 0.05) is 29.5 Å². The van der Waals surface area contributed by atoms with Crippen LogP contribution in [0.3, 0.4) is 0 Å². The predicted molar refractivity (Wildman–Crippen MR) is 66.6 cm³/mol. The van der Waals surface area contributed by atoms with E-state index < -0.39 is 0 Å². The summed E-state index contributed by atoms with van der Waals surface area (Å²) in [6.45, 7) is 2.48. The van der Waals surface area contributed by atoms with Gasteiger partial charge in [-0.15, -0.1) is 11.6 Å². The maximum absolute atomic E-state index is 12.0. The SMILES string of the molecule is Cc1c(Br)cccc1C(=O)N(C)CCCl. The average molecular weight is 291 g/mol. The molecular weight excluding hydrogens is 277 g/mol. The normalized spacial score (nSPS) is 10.1. The van der Waals surface area contributed by atoms with Gasteiger partial charge in [-0.05, 0) is 24.6 Å². The molecule has 0 aliphatic heterocycles. The third kappa shape index (κ3) is 2.95. The number of alkyl halides is 1. The molecule has 0 unspecified atom stereocenters. The number of amides is 1. The highest BCUT2D eigenvalue weighted by molar-refractivity contribution is 9.10. The zero-order valence-corrected chi connectivity index (χ0v) is 11.1. The Kier molecular flexibility index (Phi) is 4.61. The van der Waals surface area contributed by atoms with Gasteiger partial charge in [0.05, 0.1) is 0 Å². The summed E-state index contributed by atoms with van der Waals surface area (Å²) in [5.41, 5.74) is 1.68. The first kappa shape index (κ1) is 12.5. The van der Waals surface area contributed by atoms with Crippen molar-refractivity contribution in [2.75, 3.05) is 19.5 Å². The number of halogens is 2. The molecule has 0 spiro atoms. The minimum absolute atomic E-state index is 0.00875. The Morgan fingerprint density at radius 2 is 2.20 bits per heavy atom. The highest BCUT2D eigenvalue weighted by Crippen LogP contribution is 2.20. The summed E-state index contributed by atoms with van der Waals surface area (Å²) < 4.78 is 0.952. The summed E-state index contributed by atoms with van der Waals surface area (Å²) in [7, 11) is 1.76. The molecule has 15 heavy (non-hydrogen) atoms. The van der Waals surface area contributed by atoms with Crippen LogP contribution >= 0.6 is 27.5 Å². The van der Waals surface area contributed by atoms with E-state index in [4.69, 9.17) is 11.6 Å². The molecule has 1 aromatic rings. The molecule has 0 radical (unpaired) electrons. The van der Waals surface area contributed by atoms with Gasteiger partial charge in [-0.3, -0.25) is 4.79 Å². The van der Waals surface area contributed by atoms with E-state index in [2.05, 4.69) is 15.9 Å². The first-order valence-electron chi connectivity index (χ1n) is 4.64.